The molecule has 0 aliphatic heterocycles. The molecular weight excluding hydrogens is 306 g/mol. The summed E-state index contributed by atoms with van der Waals surface area (Å²) < 4.78 is 6.97. The van der Waals surface area contributed by atoms with Gasteiger partial charge in [-0.1, -0.05) is 17.8 Å². The van der Waals surface area contributed by atoms with Gasteiger partial charge in [0.05, 0.1) is 7.11 Å². The van der Waals surface area contributed by atoms with Gasteiger partial charge in [-0.05, 0) is 31.2 Å². The average Bonchev–Trinajstić information content (AvgIpc) is 3.04. The van der Waals surface area contributed by atoms with E-state index >= 15 is 0 Å². The Morgan fingerprint density at radius 1 is 1.57 bits per heavy atom. The van der Waals surface area contributed by atoms with Gasteiger partial charge in [-0.3, -0.25) is 4.79 Å². The second-order valence-corrected chi connectivity index (χ2v) is 7.38. The SMILES string of the molecule is COC(=O)C(C)Sc1nnc(Cc2cccs2)n1C1CC1. The number of esters is 1. The number of aromatic nitrogens is 3. The van der Waals surface area contributed by atoms with Gasteiger partial charge in [0.15, 0.2) is 5.16 Å². The number of rotatable bonds is 6. The number of carbonyl (C=O) groups excluding carboxylic acids is 1. The molecule has 1 aliphatic rings. The van der Waals surface area contributed by atoms with Gasteiger partial charge in [-0.25, -0.2) is 0 Å². The molecule has 3 rings (SSSR count). The lowest BCUT2D eigenvalue weighted by molar-refractivity contribution is -0.139. The lowest BCUT2D eigenvalue weighted by atomic mass is 10.3. The maximum Gasteiger partial charge on any atom is 0.318 e. The van der Waals surface area contributed by atoms with Crippen LogP contribution in [0.1, 0.15) is 36.5 Å². The third-order valence-electron chi connectivity index (χ3n) is 3.37. The minimum absolute atomic E-state index is 0.231. The quantitative estimate of drug-likeness (QED) is 0.604. The minimum atomic E-state index is -0.272. The second-order valence-electron chi connectivity index (χ2n) is 5.04. The van der Waals surface area contributed by atoms with Gasteiger partial charge >= 0.3 is 5.97 Å². The van der Waals surface area contributed by atoms with Crippen molar-refractivity contribution < 1.29 is 9.53 Å². The van der Waals surface area contributed by atoms with E-state index in [9.17, 15) is 4.79 Å². The molecule has 1 atom stereocenters. The maximum atomic E-state index is 11.6. The summed E-state index contributed by atoms with van der Waals surface area (Å²) in [4.78, 5) is 12.9. The summed E-state index contributed by atoms with van der Waals surface area (Å²) in [7, 11) is 1.41. The van der Waals surface area contributed by atoms with Gasteiger partial charge in [0.1, 0.15) is 11.1 Å². The third kappa shape index (κ3) is 3.29. The Morgan fingerprint density at radius 2 is 2.38 bits per heavy atom. The highest BCUT2D eigenvalue weighted by Gasteiger charge is 2.31. The van der Waals surface area contributed by atoms with E-state index in [1.807, 2.05) is 13.0 Å². The minimum Gasteiger partial charge on any atom is -0.468 e. The average molecular weight is 323 g/mol. The van der Waals surface area contributed by atoms with E-state index in [1.165, 1.54) is 23.7 Å². The number of hydrogen-bond acceptors (Lipinski definition) is 6. The Balaban J connectivity index is 1.81. The van der Waals surface area contributed by atoms with E-state index in [-0.39, 0.29) is 11.2 Å². The Morgan fingerprint density at radius 3 is 3.00 bits per heavy atom. The molecule has 2 aromatic heterocycles. The van der Waals surface area contributed by atoms with Crippen molar-refractivity contribution >= 4 is 29.1 Å². The van der Waals surface area contributed by atoms with Crippen LogP contribution in [0.4, 0.5) is 0 Å². The van der Waals surface area contributed by atoms with Crippen LogP contribution in [0.25, 0.3) is 0 Å². The van der Waals surface area contributed by atoms with Crippen molar-refractivity contribution in [1.29, 1.82) is 0 Å². The first kappa shape index (κ1) is 14.6. The molecule has 2 aromatic rings. The zero-order valence-corrected chi connectivity index (χ0v) is 13.6. The van der Waals surface area contributed by atoms with E-state index < -0.39 is 0 Å². The van der Waals surface area contributed by atoms with Crippen LogP contribution in [0.3, 0.4) is 0 Å². The summed E-state index contributed by atoms with van der Waals surface area (Å²) in [5.41, 5.74) is 0. The Hall–Kier alpha value is -1.34. The molecule has 21 heavy (non-hydrogen) atoms. The van der Waals surface area contributed by atoms with Crippen molar-refractivity contribution in [3.05, 3.63) is 28.2 Å². The molecule has 1 unspecified atom stereocenters. The fourth-order valence-corrected chi connectivity index (χ4v) is 3.82. The summed E-state index contributed by atoms with van der Waals surface area (Å²) >= 11 is 3.15. The van der Waals surface area contributed by atoms with Crippen LogP contribution < -0.4 is 0 Å². The molecule has 0 amide bonds. The first-order valence-corrected chi connectivity index (χ1v) is 8.65. The summed E-state index contributed by atoms with van der Waals surface area (Å²) in [6, 6.07) is 4.65. The van der Waals surface area contributed by atoms with Gasteiger partial charge < -0.3 is 9.30 Å². The molecule has 0 radical (unpaired) electrons. The van der Waals surface area contributed by atoms with E-state index in [0.717, 1.165) is 30.2 Å². The third-order valence-corrected chi connectivity index (χ3v) is 5.29. The van der Waals surface area contributed by atoms with E-state index in [4.69, 9.17) is 4.74 Å². The van der Waals surface area contributed by atoms with Crippen molar-refractivity contribution in [2.45, 2.75) is 42.6 Å². The molecule has 0 saturated heterocycles. The molecule has 0 N–H and O–H groups in total. The summed E-state index contributed by atoms with van der Waals surface area (Å²) in [5, 5.41) is 11.2. The molecule has 5 nitrogen and oxygen atoms in total. The van der Waals surface area contributed by atoms with Crippen molar-refractivity contribution in [2.24, 2.45) is 0 Å². The number of nitrogens with zero attached hydrogens (tertiary/aromatic N) is 3. The first-order chi connectivity index (χ1) is 10.2. The monoisotopic (exact) mass is 323 g/mol. The lowest BCUT2D eigenvalue weighted by Crippen LogP contribution is -2.16. The van der Waals surface area contributed by atoms with Crippen LogP contribution in [-0.2, 0) is 16.0 Å². The lowest BCUT2D eigenvalue weighted by Gasteiger charge is -2.11. The predicted octanol–water partition coefficient (Wildman–Crippen LogP) is 2.92. The highest BCUT2D eigenvalue weighted by molar-refractivity contribution is 8.00. The van der Waals surface area contributed by atoms with Crippen LogP contribution in [0.15, 0.2) is 22.7 Å². The zero-order valence-electron chi connectivity index (χ0n) is 12.0. The van der Waals surface area contributed by atoms with Crippen LogP contribution in [-0.4, -0.2) is 33.1 Å². The molecule has 1 fully saturated rings. The van der Waals surface area contributed by atoms with Gasteiger partial charge in [-0.2, -0.15) is 0 Å². The highest BCUT2D eigenvalue weighted by atomic mass is 32.2. The van der Waals surface area contributed by atoms with Crippen molar-refractivity contribution in [2.75, 3.05) is 7.11 Å². The Labute approximate surface area is 131 Å². The van der Waals surface area contributed by atoms with Crippen molar-refractivity contribution in [3.63, 3.8) is 0 Å². The van der Waals surface area contributed by atoms with Gasteiger partial charge in [0.2, 0.25) is 0 Å². The Bertz CT molecular complexity index is 620. The molecule has 0 aromatic carbocycles. The summed E-state index contributed by atoms with van der Waals surface area (Å²) in [6.07, 6.45) is 3.12. The zero-order chi connectivity index (χ0) is 14.8. The van der Waals surface area contributed by atoms with E-state index in [0.29, 0.717) is 6.04 Å². The number of carbonyl (C=O) groups is 1. The molecular formula is C14H17N3O2S2. The number of methoxy groups -OCH3 is 1. The van der Waals surface area contributed by atoms with Crippen molar-refractivity contribution in [1.82, 2.24) is 14.8 Å². The largest absolute Gasteiger partial charge is 0.468 e. The second kappa shape index (κ2) is 6.19. The molecule has 7 heteroatoms. The Kier molecular flexibility index (Phi) is 4.30. The molecule has 112 valence electrons. The van der Waals surface area contributed by atoms with Gasteiger partial charge in [0, 0.05) is 17.3 Å². The molecule has 1 aliphatic carbocycles. The topological polar surface area (TPSA) is 57.0 Å². The van der Waals surface area contributed by atoms with Gasteiger partial charge in [0.25, 0.3) is 0 Å². The standard InChI is InChI=1S/C14H17N3O2S2/c1-9(13(18)19-2)21-14-16-15-12(17(14)10-5-6-10)8-11-4-3-7-20-11/h3-4,7,9-10H,5-6,8H2,1-2H3. The van der Waals surface area contributed by atoms with Crippen LogP contribution in [0.2, 0.25) is 0 Å². The van der Waals surface area contributed by atoms with E-state index in [1.54, 1.807) is 11.3 Å². The van der Waals surface area contributed by atoms with E-state index in [2.05, 4.69) is 26.2 Å². The summed E-state index contributed by atoms with van der Waals surface area (Å²) in [6.45, 7) is 1.83. The van der Waals surface area contributed by atoms with Crippen LogP contribution in [0, 0.1) is 0 Å². The predicted molar refractivity (Wildman–Crippen MR) is 82.8 cm³/mol. The highest BCUT2D eigenvalue weighted by Crippen LogP contribution is 2.40. The smallest absolute Gasteiger partial charge is 0.318 e. The maximum absolute atomic E-state index is 11.6. The first-order valence-electron chi connectivity index (χ1n) is 6.89. The normalized spacial score (nSPS) is 15.9. The molecule has 0 spiro atoms. The fraction of sp³-hybridized carbons (Fsp3) is 0.500. The molecule has 0 bridgehead atoms. The number of hydrogen-bond donors (Lipinski definition) is 0. The summed E-state index contributed by atoms with van der Waals surface area (Å²) in [5.74, 6) is 0.754. The number of thiophene rings is 1. The fourth-order valence-electron chi connectivity index (χ4n) is 2.15. The van der Waals surface area contributed by atoms with Crippen LogP contribution >= 0.6 is 23.1 Å². The molecule has 2 heterocycles. The number of thioether (sulfide) groups is 1. The van der Waals surface area contributed by atoms with Gasteiger partial charge in [-0.15, -0.1) is 21.5 Å². The number of ether oxygens (including phenoxy) is 1. The van der Waals surface area contributed by atoms with Crippen molar-refractivity contribution in [3.8, 4) is 0 Å². The van der Waals surface area contributed by atoms with Crippen LogP contribution in [0.5, 0.6) is 0 Å². The molecule has 1 saturated carbocycles.